The molecule has 0 aliphatic carbocycles. The summed E-state index contributed by atoms with van der Waals surface area (Å²) >= 11 is 0. The second-order valence-corrected chi connectivity index (χ2v) is 3.51. The molecule has 0 aromatic heterocycles. The molecule has 1 atom stereocenters. The Morgan fingerprint density at radius 3 is 2.80 bits per heavy atom. The van der Waals surface area contributed by atoms with Gasteiger partial charge in [-0.2, -0.15) is 0 Å². The van der Waals surface area contributed by atoms with Gasteiger partial charge in [-0.25, -0.2) is 8.78 Å². The van der Waals surface area contributed by atoms with Gasteiger partial charge in [-0.15, -0.1) is 0 Å². The molecule has 0 saturated heterocycles. The van der Waals surface area contributed by atoms with E-state index in [1.165, 1.54) is 6.07 Å². The summed E-state index contributed by atoms with van der Waals surface area (Å²) in [5.41, 5.74) is 1.27. The van der Waals surface area contributed by atoms with Crippen molar-refractivity contribution in [1.82, 2.24) is 0 Å². The minimum atomic E-state index is -0.852. The molecule has 4 heteroatoms. The molecular weight excluding hydrogens is 200 g/mol. The van der Waals surface area contributed by atoms with Crippen molar-refractivity contribution in [2.45, 2.75) is 25.9 Å². The van der Waals surface area contributed by atoms with Gasteiger partial charge in [-0.3, -0.25) is 0 Å². The molecule has 1 aromatic rings. The lowest BCUT2D eigenvalue weighted by molar-refractivity contribution is 0.0829. The van der Waals surface area contributed by atoms with Crippen molar-refractivity contribution in [3.63, 3.8) is 0 Å². The molecule has 80 valence electrons. The smallest absolute Gasteiger partial charge is 0.159 e. The van der Waals surface area contributed by atoms with E-state index >= 15 is 0 Å². The molecule has 0 saturated carbocycles. The standard InChI is InChI=1S/C11H11F2NO/c1-2-8-6-11(14-15-8)7-3-4-9(12)10(13)5-7/h3-5,8H,2,6H2,1H3. The van der Waals surface area contributed by atoms with E-state index < -0.39 is 11.6 Å². The van der Waals surface area contributed by atoms with Crippen LogP contribution in [-0.4, -0.2) is 11.8 Å². The first-order valence-electron chi connectivity index (χ1n) is 4.89. The Labute approximate surface area is 86.5 Å². The zero-order valence-corrected chi connectivity index (χ0v) is 8.34. The maximum Gasteiger partial charge on any atom is 0.159 e. The van der Waals surface area contributed by atoms with Gasteiger partial charge in [-0.05, 0) is 24.6 Å². The van der Waals surface area contributed by atoms with Crippen LogP contribution in [0.5, 0.6) is 0 Å². The first-order valence-corrected chi connectivity index (χ1v) is 4.89. The van der Waals surface area contributed by atoms with Crippen LogP contribution in [0.4, 0.5) is 8.78 Å². The van der Waals surface area contributed by atoms with E-state index in [9.17, 15) is 8.78 Å². The number of benzene rings is 1. The van der Waals surface area contributed by atoms with Crippen LogP contribution in [0.25, 0.3) is 0 Å². The maximum atomic E-state index is 12.9. The van der Waals surface area contributed by atoms with Crippen molar-refractivity contribution in [2.75, 3.05) is 0 Å². The summed E-state index contributed by atoms with van der Waals surface area (Å²) in [6.45, 7) is 1.99. The van der Waals surface area contributed by atoms with Crippen LogP contribution >= 0.6 is 0 Å². The van der Waals surface area contributed by atoms with Crippen LogP contribution in [0.3, 0.4) is 0 Å². The number of hydrogen-bond acceptors (Lipinski definition) is 2. The first kappa shape index (κ1) is 10.1. The summed E-state index contributed by atoms with van der Waals surface area (Å²) in [5.74, 6) is -1.69. The minimum absolute atomic E-state index is 0.0631. The molecule has 15 heavy (non-hydrogen) atoms. The fraction of sp³-hybridized carbons (Fsp3) is 0.364. The van der Waals surface area contributed by atoms with E-state index in [1.807, 2.05) is 6.92 Å². The van der Waals surface area contributed by atoms with E-state index in [-0.39, 0.29) is 6.10 Å². The van der Waals surface area contributed by atoms with Gasteiger partial charge in [-0.1, -0.05) is 12.1 Å². The molecule has 0 amide bonds. The predicted octanol–water partition coefficient (Wildman–Crippen LogP) is 2.87. The highest BCUT2D eigenvalue weighted by molar-refractivity contribution is 6.01. The van der Waals surface area contributed by atoms with Gasteiger partial charge < -0.3 is 4.84 Å². The number of rotatable bonds is 2. The molecule has 0 spiro atoms. The quantitative estimate of drug-likeness (QED) is 0.737. The van der Waals surface area contributed by atoms with Gasteiger partial charge in [0.2, 0.25) is 0 Å². The topological polar surface area (TPSA) is 21.6 Å². The van der Waals surface area contributed by atoms with Crippen molar-refractivity contribution in [3.05, 3.63) is 35.4 Å². The third-order valence-electron chi connectivity index (χ3n) is 2.44. The molecule has 0 radical (unpaired) electrons. The van der Waals surface area contributed by atoms with Gasteiger partial charge >= 0.3 is 0 Å². The molecule has 2 rings (SSSR count). The molecule has 1 heterocycles. The third-order valence-corrected chi connectivity index (χ3v) is 2.44. The van der Waals surface area contributed by atoms with Crippen molar-refractivity contribution < 1.29 is 13.6 Å². The highest BCUT2D eigenvalue weighted by Crippen LogP contribution is 2.19. The normalized spacial score (nSPS) is 19.9. The average Bonchev–Trinajstić information content (AvgIpc) is 2.70. The molecule has 1 unspecified atom stereocenters. The monoisotopic (exact) mass is 211 g/mol. The molecule has 1 aliphatic rings. The zero-order chi connectivity index (χ0) is 10.8. The van der Waals surface area contributed by atoms with Gasteiger partial charge in [0, 0.05) is 12.0 Å². The fourth-order valence-corrected chi connectivity index (χ4v) is 1.49. The van der Waals surface area contributed by atoms with E-state index in [2.05, 4.69) is 5.16 Å². The highest BCUT2D eigenvalue weighted by atomic mass is 19.2. The lowest BCUT2D eigenvalue weighted by atomic mass is 10.0. The Hall–Kier alpha value is -1.45. The minimum Gasteiger partial charge on any atom is -0.392 e. The number of nitrogens with zero attached hydrogens (tertiary/aromatic N) is 1. The summed E-state index contributed by atoms with van der Waals surface area (Å²) in [5, 5.41) is 3.86. The first-order chi connectivity index (χ1) is 7.20. The fourth-order valence-electron chi connectivity index (χ4n) is 1.49. The average molecular weight is 211 g/mol. The lowest BCUT2D eigenvalue weighted by Crippen LogP contribution is -2.06. The van der Waals surface area contributed by atoms with Gasteiger partial charge in [0.1, 0.15) is 6.10 Å². The summed E-state index contributed by atoms with van der Waals surface area (Å²) < 4.78 is 25.6. The zero-order valence-electron chi connectivity index (χ0n) is 8.34. The Kier molecular flexibility index (Phi) is 2.66. The number of halogens is 2. The highest BCUT2D eigenvalue weighted by Gasteiger charge is 2.20. The molecule has 0 fully saturated rings. The van der Waals surface area contributed by atoms with E-state index in [0.29, 0.717) is 17.7 Å². The second-order valence-electron chi connectivity index (χ2n) is 3.51. The predicted molar refractivity (Wildman–Crippen MR) is 52.7 cm³/mol. The Bertz CT molecular complexity index is 404. The van der Waals surface area contributed by atoms with Gasteiger partial charge in [0.15, 0.2) is 11.6 Å². The maximum absolute atomic E-state index is 12.9. The number of hydrogen-bond donors (Lipinski definition) is 0. The molecule has 1 aliphatic heterocycles. The molecule has 0 bridgehead atoms. The second kappa shape index (κ2) is 3.96. The largest absolute Gasteiger partial charge is 0.392 e. The van der Waals surface area contributed by atoms with Gasteiger partial charge in [0.05, 0.1) is 5.71 Å². The Morgan fingerprint density at radius 1 is 1.40 bits per heavy atom. The van der Waals surface area contributed by atoms with E-state index in [4.69, 9.17) is 4.84 Å². The van der Waals surface area contributed by atoms with Crippen LogP contribution in [0.1, 0.15) is 25.3 Å². The van der Waals surface area contributed by atoms with Crippen LogP contribution in [-0.2, 0) is 4.84 Å². The van der Waals surface area contributed by atoms with Crippen molar-refractivity contribution in [1.29, 1.82) is 0 Å². The Balaban J connectivity index is 2.21. The van der Waals surface area contributed by atoms with Crippen molar-refractivity contribution >= 4 is 5.71 Å². The molecule has 1 aromatic carbocycles. The van der Waals surface area contributed by atoms with Gasteiger partial charge in [0.25, 0.3) is 0 Å². The molecular formula is C11H11F2NO. The summed E-state index contributed by atoms with van der Waals surface area (Å²) in [6, 6.07) is 3.76. The van der Waals surface area contributed by atoms with Crippen LogP contribution in [0.15, 0.2) is 23.4 Å². The summed E-state index contributed by atoms with van der Waals surface area (Å²) in [7, 11) is 0. The van der Waals surface area contributed by atoms with E-state index in [1.54, 1.807) is 0 Å². The van der Waals surface area contributed by atoms with Crippen LogP contribution in [0, 0.1) is 11.6 Å². The van der Waals surface area contributed by atoms with Crippen LogP contribution < -0.4 is 0 Å². The lowest BCUT2D eigenvalue weighted by Gasteiger charge is -2.02. The van der Waals surface area contributed by atoms with E-state index in [0.717, 1.165) is 18.6 Å². The van der Waals surface area contributed by atoms with Crippen molar-refractivity contribution in [3.8, 4) is 0 Å². The Morgan fingerprint density at radius 2 is 2.20 bits per heavy atom. The summed E-state index contributed by atoms with van der Waals surface area (Å²) in [6.07, 6.45) is 1.58. The summed E-state index contributed by atoms with van der Waals surface area (Å²) in [4.78, 5) is 5.11. The number of oxime groups is 1. The molecule has 0 N–H and O–H groups in total. The SMILES string of the molecule is CCC1CC(c2ccc(F)c(F)c2)=NO1. The third kappa shape index (κ3) is 1.98. The van der Waals surface area contributed by atoms with Crippen molar-refractivity contribution in [2.24, 2.45) is 5.16 Å². The molecule has 2 nitrogen and oxygen atoms in total. The van der Waals surface area contributed by atoms with Crippen LogP contribution in [0.2, 0.25) is 0 Å².